The highest BCUT2D eigenvalue weighted by atomic mass is 19.4. The molecule has 0 aliphatic carbocycles. The third-order valence-electron chi connectivity index (χ3n) is 4.36. The molecule has 1 amide bonds. The van der Waals surface area contributed by atoms with Crippen molar-refractivity contribution in [2.24, 2.45) is 0 Å². The fourth-order valence-electron chi connectivity index (χ4n) is 2.81. The first-order valence-electron chi connectivity index (χ1n) is 9.73. The molecule has 2 rings (SSSR count). The van der Waals surface area contributed by atoms with Crippen molar-refractivity contribution in [1.29, 1.82) is 0 Å². The van der Waals surface area contributed by atoms with Gasteiger partial charge in [0.05, 0.1) is 18.8 Å². The Balaban J connectivity index is 2.53. The summed E-state index contributed by atoms with van der Waals surface area (Å²) in [6, 6.07) is 10.7. The van der Waals surface area contributed by atoms with Crippen LogP contribution in [-0.4, -0.2) is 42.7 Å². The lowest BCUT2D eigenvalue weighted by Crippen LogP contribution is -2.69. The fraction of sp³-hybridized carbons (Fsp3) is 0.318. The largest absolute Gasteiger partial charge is 0.493 e. The first-order valence-corrected chi connectivity index (χ1v) is 9.73. The summed E-state index contributed by atoms with van der Waals surface area (Å²) in [7, 11) is 0. The minimum absolute atomic E-state index is 0.0539. The quantitative estimate of drug-likeness (QED) is 0.340. The number of anilines is 1. The number of nitrogens with one attached hydrogen (secondary N) is 2. The van der Waals surface area contributed by atoms with Gasteiger partial charge in [-0.3, -0.25) is 9.59 Å². The summed E-state index contributed by atoms with van der Waals surface area (Å²) in [5.41, 5.74) is -3.70. The number of Topliss-reactive ketones (excluding diaryl/α,β-unsaturated/α-hetero) is 1. The lowest BCUT2D eigenvalue weighted by Gasteiger charge is -2.35. The van der Waals surface area contributed by atoms with E-state index in [-0.39, 0.29) is 41.6 Å². The van der Waals surface area contributed by atoms with Crippen molar-refractivity contribution in [2.45, 2.75) is 32.6 Å². The Morgan fingerprint density at radius 2 is 1.56 bits per heavy atom. The second kappa shape index (κ2) is 10.2. The van der Waals surface area contributed by atoms with E-state index in [1.54, 1.807) is 18.3 Å². The summed E-state index contributed by atoms with van der Waals surface area (Å²) in [6.07, 6.45) is -5.30. The number of carbonyl (C=O) groups excluding carboxylic acids is 3. The van der Waals surface area contributed by atoms with E-state index in [0.717, 1.165) is 0 Å². The molecule has 0 saturated heterocycles. The first kappa shape index (κ1) is 24.7. The average Bonchev–Trinajstić information content (AvgIpc) is 2.73. The third kappa shape index (κ3) is 5.37. The third-order valence-corrected chi connectivity index (χ3v) is 4.36. The number of ether oxygens (including phenoxy) is 2. The maximum Gasteiger partial charge on any atom is 0.441 e. The zero-order chi connectivity index (χ0) is 23.9. The van der Waals surface area contributed by atoms with Crippen LogP contribution in [0, 0.1) is 0 Å². The number of rotatable bonds is 9. The molecule has 1 atom stereocenters. The molecular formula is C22H23F3N2O5. The number of benzene rings is 2. The van der Waals surface area contributed by atoms with Crippen LogP contribution in [0.2, 0.25) is 0 Å². The molecular weight excluding hydrogens is 429 g/mol. The van der Waals surface area contributed by atoms with E-state index in [2.05, 4.69) is 10.1 Å². The molecule has 0 fully saturated rings. The lowest BCUT2D eigenvalue weighted by molar-refractivity contribution is -0.204. The second-order valence-corrected chi connectivity index (χ2v) is 6.61. The van der Waals surface area contributed by atoms with Crippen LogP contribution in [0.5, 0.6) is 5.75 Å². The number of hydrogen-bond acceptors (Lipinski definition) is 6. The Morgan fingerprint density at radius 1 is 0.938 bits per heavy atom. The summed E-state index contributed by atoms with van der Waals surface area (Å²) in [4.78, 5) is 36.9. The van der Waals surface area contributed by atoms with Gasteiger partial charge in [0.25, 0.3) is 5.91 Å². The van der Waals surface area contributed by atoms with Gasteiger partial charge in [-0.25, -0.2) is 4.79 Å². The standard InChI is InChI=1S/C22H23F3N2O5/c1-4-31-18-9-7-6-8-17(18)19(29)27-21(22(23,24)25,20(30)32-5-2)26-16-12-10-15(11-13-16)14(3)28/h6-13,26H,4-5H2,1-3H3,(H,27,29)/t21-/m0/s1. The van der Waals surface area contributed by atoms with Crippen molar-refractivity contribution in [3.05, 3.63) is 59.7 Å². The van der Waals surface area contributed by atoms with Crippen molar-refractivity contribution in [1.82, 2.24) is 5.32 Å². The van der Waals surface area contributed by atoms with Gasteiger partial charge in [0, 0.05) is 11.3 Å². The number of para-hydroxylation sites is 1. The summed E-state index contributed by atoms with van der Waals surface area (Å²) >= 11 is 0. The second-order valence-electron chi connectivity index (χ2n) is 6.61. The summed E-state index contributed by atoms with van der Waals surface area (Å²) in [5.74, 6) is -3.18. The van der Waals surface area contributed by atoms with Crippen molar-refractivity contribution < 1.29 is 37.0 Å². The number of hydrogen-bond donors (Lipinski definition) is 2. The molecule has 10 heteroatoms. The van der Waals surface area contributed by atoms with Crippen LogP contribution in [0.1, 0.15) is 41.5 Å². The highest BCUT2D eigenvalue weighted by Crippen LogP contribution is 2.34. The van der Waals surface area contributed by atoms with E-state index in [0.29, 0.717) is 0 Å². The fourth-order valence-corrected chi connectivity index (χ4v) is 2.81. The highest BCUT2D eigenvalue weighted by Gasteiger charge is 2.63. The van der Waals surface area contributed by atoms with E-state index < -0.39 is 23.7 Å². The molecule has 172 valence electrons. The summed E-state index contributed by atoms with van der Waals surface area (Å²) in [6.45, 7) is 4.12. The van der Waals surface area contributed by atoms with Crippen LogP contribution in [0.25, 0.3) is 0 Å². The topological polar surface area (TPSA) is 93.7 Å². The Hall–Kier alpha value is -3.56. The minimum Gasteiger partial charge on any atom is -0.493 e. The number of amides is 1. The molecule has 2 N–H and O–H groups in total. The number of halogens is 3. The molecule has 2 aromatic carbocycles. The number of ketones is 1. The van der Waals surface area contributed by atoms with Gasteiger partial charge in [-0.15, -0.1) is 0 Å². The summed E-state index contributed by atoms with van der Waals surface area (Å²) < 4.78 is 52.9. The molecule has 0 radical (unpaired) electrons. The number of esters is 1. The maximum atomic E-state index is 14.3. The van der Waals surface area contributed by atoms with E-state index in [9.17, 15) is 27.6 Å². The van der Waals surface area contributed by atoms with E-state index in [1.807, 2.05) is 0 Å². The molecule has 0 aliphatic heterocycles. The SMILES string of the molecule is CCOC(=O)[C@@](NC(=O)c1ccccc1OCC)(Nc1ccc(C(C)=O)cc1)C(F)(F)F. The zero-order valence-corrected chi connectivity index (χ0v) is 17.7. The molecule has 32 heavy (non-hydrogen) atoms. The minimum atomic E-state index is -5.30. The molecule has 2 aromatic rings. The monoisotopic (exact) mass is 452 g/mol. The Bertz CT molecular complexity index is 976. The van der Waals surface area contributed by atoms with E-state index in [4.69, 9.17) is 4.74 Å². The van der Waals surface area contributed by atoms with Crippen molar-refractivity contribution >= 4 is 23.3 Å². The van der Waals surface area contributed by atoms with Crippen molar-refractivity contribution in [3.63, 3.8) is 0 Å². The van der Waals surface area contributed by atoms with E-state index >= 15 is 0 Å². The van der Waals surface area contributed by atoms with Crippen LogP contribution in [-0.2, 0) is 9.53 Å². The summed E-state index contributed by atoms with van der Waals surface area (Å²) in [5, 5.41) is 3.81. The predicted octanol–water partition coefficient (Wildman–Crippen LogP) is 3.95. The molecule has 0 unspecified atom stereocenters. The van der Waals surface area contributed by atoms with Gasteiger partial charge in [-0.05, 0) is 57.2 Å². The van der Waals surface area contributed by atoms with E-state index in [1.165, 1.54) is 56.3 Å². The Labute approximate surface area is 182 Å². The molecule has 0 heterocycles. The maximum absolute atomic E-state index is 14.3. The first-order chi connectivity index (χ1) is 15.1. The molecule has 7 nitrogen and oxygen atoms in total. The lowest BCUT2D eigenvalue weighted by atomic mass is 10.1. The van der Waals surface area contributed by atoms with Crippen LogP contribution in [0.15, 0.2) is 48.5 Å². The molecule has 0 spiro atoms. The average molecular weight is 452 g/mol. The predicted molar refractivity (Wildman–Crippen MR) is 111 cm³/mol. The van der Waals surface area contributed by atoms with Crippen LogP contribution < -0.4 is 15.4 Å². The molecule has 0 bridgehead atoms. The van der Waals surface area contributed by atoms with Crippen LogP contribution in [0.3, 0.4) is 0 Å². The van der Waals surface area contributed by atoms with Gasteiger partial charge in [0.1, 0.15) is 5.75 Å². The Kier molecular flexibility index (Phi) is 7.85. The smallest absolute Gasteiger partial charge is 0.441 e. The van der Waals surface area contributed by atoms with Gasteiger partial charge < -0.3 is 20.1 Å². The van der Waals surface area contributed by atoms with Crippen LogP contribution >= 0.6 is 0 Å². The number of carbonyl (C=O) groups is 3. The molecule has 0 aliphatic rings. The van der Waals surface area contributed by atoms with Gasteiger partial charge in [0.2, 0.25) is 0 Å². The van der Waals surface area contributed by atoms with Gasteiger partial charge in [-0.1, -0.05) is 12.1 Å². The van der Waals surface area contributed by atoms with Gasteiger partial charge in [0.15, 0.2) is 5.78 Å². The number of alkyl halides is 3. The zero-order valence-electron chi connectivity index (χ0n) is 17.7. The van der Waals surface area contributed by atoms with Crippen molar-refractivity contribution in [3.8, 4) is 5.75 Å². The Morgan fingerprint density at radius 3 is 2.09 bits per heavy atom. The van der Waals surface area contributed by atoms with Crippen LogP contribution in [0.4, 0.5) is 18.9 Å². The molecule has 0 aromatic heterocycles. The normalized spacial score (nSPS) is 12.9. The molecule has 0 saturated carbocycles. The highest BCUT2D eigenvalue weighted by molar-refractivity contribution is 6.01. The van der Waals surface area contributed by atoms with Crippen molar-refractivity contribution in [2.75, 3.05) is 18.5 Å². The van der Waals surface area contributed by atoms with Gasteiger partial charge in [-0.2, -0.15) is 13.2 Å². The van der Waals surface area contributed by atoms with Gasteiger partial charge >= 0.3 is 17.8 Å².